The minimum absolute atomic E-state index is 0.0332. The Kier molecular flexibility index (Phi) is 5.89. The fourth-order valence-corrected chi connectivity index (χ4v) is 4.00. The lowest BCUT2D eigenvalue weighted by Gasteiger charge is -2.21. The molecule has 0 saturated carbocycles. The molecular weight excluding hydrogens is 455 g/mol. The quantitative estimate of drug-likeness (QED) is 0.521. The number of hydrogen-bond donors (Lipinski definition) is 1. The lowest BCUT2D eigenvalue weighted by Crippen LogP contribution is -2.36. The minimum atomic E-state index is -1.14. The second-order valence-corrected chi connectivity index (χ2v) is 8.49. The number of carbonyl (C=O) groups is 2. The molecule has 9 heteroatoms. The van der Waals surface area contributed by atoms with Crippen LogP contribution >= 0.6 is 0 Å². The van der Waals surface area contributed by atoms with Gasteiger partial charge in [-0.05, 0) is 37.6 Å². The van der Waals surface area contributed by atoms with Crippen molar-refractivity contribution in [3.63, 3.8) is 0 Å². The summed E-state index contributed by atoms with van der Waals surface area (Å²) in [6.45, 7) is 2.57. The molecule has 3 aromatic carbocycles. The smallest absolute Gasteiger partial charge is 0.251 e. The van der Waals surface area contributed by atoms with E-state index in [0.29, 0.717) is 23.4 Å². The second kappa shape index (κ2) is 8.55. The molecule has 0 fully saturated rings. The predicted octanol–water partition coefficient (Wildman–Crippen LogP) is 5.14. The third-order valence-electron chi connectivity index (χ3n) is 5.90. The van der Waals surface area contributed by atoms with Crippen LogP contribution in [0.4, 0.5) is 27.6 Å². The number of hydrogen-bond acceptors (Lipinski definition) is 2. The summed E-state index contributed by atoms with van der Waals surface area (Å²) in [4.78, 5) is 27.0. The third kappa shape index (κ3) is 4.02. The first-order valence-corrected chi connectivity index (χ1v) is 10.3. The van der Waals surface area contributed by atoms with Gasteiger partial charge in [0.1, 0.15) is 17.5 Å². The standard InChI is InChI=1S/C25H19F5N2O2/c1-25(2)17-7-6-13(23(33)31-11-16-19(28)9-15(26)10-20(16)29)8-21(17)32(24(25)34)12-14-4-3-5-18(27)22(14)30/h3-10H,11-12H2,1-2H3,(H,31,33). The highest BCUT2D eigenvalue weighted by Gasteiger charge is 2.44. The average Bonchev–Trinajstić information content (AvgIpc) is 2.96. The lowest BCUT2D eigenvalue weighted by atomic mass is 9.86. The highest BCUT2D eigenvalue weighted by Crippen LogP contribution is 2.43. The van der Waals surface area contributed by atoms with Gasteiger partial charge in [0.15, 0.2) is 11.6 Å². The first-order valence-electron chi connectivity index (χ1n) is 10.3. The Morgan fingerprint density at radius 1 is 0.941 bits per heavy atom. The molecule has 0 aromatic heterocycles. The summed E-state index contributed by atoms with van der Waals surface area (Å²) < 4.78 is 68.7. The first-order chi connectivity index (χ1) is 16.0. The van der Waals surface area contributed by atoms with Crippen LogP contribution in [0, 0.1) is 29.1 Å². The molecule has 0 unspecified atom stereocenters. The Balaban J connectivity index is 1.62. The zero-order valence-corrected chi connectivity index (χ0v) is 18.2. The number of amides is 2. The van der Waals surface area contributed by atoms with Crippen LogP contribution in [0.1, 0.15) is 40.9 Å². The Bertz CT molecular complexity index is 1300. The van der Waals surface area contributed by atoms with Crippen LogP contribution in [-0.4, -0.2) is 11.8 Å². The third-order valence-corrected chi connectivity index (χ3v) is 5.90. The molecule has 34 heavy (non-hydrogen) atoms. The van der Waals surface area contributed by atoms with Crippen LogP contribution in [0.25, 0.3) is 0 Å². The number of fused-ring (bicyclic) bond motifs is 1. The van der Waals surface area contributed by atoms with Gasteiger partial charge in [-0.1, -0.05) is 18.2 Å². The molecule has 1 heterocycles. The maximum Gasteiger partial charge on any atom is 0.251 e. The summed E-state index contributed by atoms with van der Waals surface area (Å²) in [7, 11) is 0. The predicted molar refractivity (Wildman–Crippen MR) is 115 cm³/mol. The van der Waals surface area contributed by atoms with E-state index in [4.69, 9.17) is 0 Å². The molecule has 1 aliphatic heterocycles. The molecule has 0 spiro atoms. The SMILES string of the molecule is CC1(C)C(=O)N(Cc2cccc(F)c2F)c2cc(C(=O)NCc3c(F)cc(F)cc3F)ccc21. The molecule has 1 aliphatic rings. The minimum Gasteiger partial charge on any atom is -0.348 e. The van der Waals surface area contributed by atoms with Gasteiger partial charge in [0.05, 0.1) is 12.0 Å². The number of benzene rings is 3. The Morgan fingerprint density at radius 3 is 2.29 bits per heavy atom. The van der Waals surface area contributed by atoms with Crippen LogP contribution in [0.5, 0.6) is 0 Å². The van der Waals surface area contributed by atoms with E-state index in [1.165, 1.54) is 29.2 Å². The van der Waals surface area contributed by atoms with Crippen molar-refractivity contribution in [3.05, 3.63) is 99.9 Å². The Hall–Kier alpha value is -3.75. The molecular formula is C25H19F5N2O2. The van der Waals surface area contributed by atoms with Gasteiger partial charge in [-0.25, -0.2) is 22.0 Å². The molecule has 176 valence electrons. The van der Waals surface area contributed by atoms with Crippen LogP contribution in [0.15, 0.2) is 48.5 Å². The van der Waals surface area contributed by atoms with E-state index >= 15 is 0 Å². The van der Waals surface area contributed by atoms with Crippen molar-refractivity contribution in [2.45, 2.75) is 32.4 Å². The Labute approximate surface area is 192 Å². The fraction of sp³-hybridized carbons (Fsp3) is 0.200. The molecule has 0 aliphatic carbocycles. The number of nitrogens with zero attached hydrogens (tertiary/aromatic N) is 1. The average molecular weight is 474 g/mol. The van der Waals surface area contributed by atoms with Crippen molar-refractivity contribution in [2.75, 3.05) is 4.90 Å². The zero-order chi connectivity index (χ0) is 24.8. The van der Waals surface area contributed by atoms with Gasteiger partial charge in [-0.2, -0.15) is 0 Å². The largest absolute Gasteiger partial charge is 0.348 e. The maximum atomic E-state index is 14.2. The van der Waals surface area contributed by atoms with Crippen molar-refractivity contribution < 1.29 is 31.5 Å². The number of rotatable bonds is 5. The molecule has 0 radical (unpaired) electrons. The van der Waals surface area contributed by atoms with Gasteiger partial charge in [0.25, 0.3) is 5.91 Å². The zero-order valence-electron chi connectivity index (χ0n) is 18.2. The van der Waals surface area contributed by atoms with Crippen molar-refractivity contribution in [1.82, 2.24) is 5.32 Å². The maximum absolute atomic E-state index is 14.2. The van der Waals surface area contributed by atoms with Crippen molar-refractivity contribution in [2.24, 2.45) is 0 Å². The highest BCUT2D eigenvalue weighted by molar-refractivity contribution is 6.08. The summed E-state index contributed by atoms with van der Waals surface area (Å²) in [6, 6.07) is 9.12. The van der Waals surface area contributed by atoms with Crippen LogP contribution < -0.4 is 10.2 Å². The van der Waals surface area contributed by atoms with E-state index < -0.39 is 52.5 Å². The van der Waals surface area contributed by atoms with Crippen LogP contribution in [-0.2, 0) is 23.3 Å². The molecule has 4 rings (SSSR count). The molecule has 0 saturated heterocycles. The van der Waals surface area contributed by atoms with Gasteiger partial charge in [0.2, 0.25) is 5.91 Å². The highest BCUT2D eigenvalue weighted by atomic mass is 19.2. The van der Waals surface area contributed by atoms with Gasteiger partial charge in [-0.15, -0.1) is 0 Å². The van der Waals surface area contributed by atoms with Gasteiger partial charge >= 0.3 is 0 Å². The second-order valence-electron chi connectivity index (χ2n) is 8.49. The van der Waals surface area contributed by atoms with Gasteiger partial charge in [0, 0.05) is 41.1 Å². The van der Waals surface area contributed by atoms with E-state index in [1.807, 2.05) is 0 Å². The molecule has 2 amide bonds. The van der Waals surface area contributed by atoms with Gasteiger partial charge < -0.3 is 10.2 Å². The van der Waals surface area contributed by atoms with E-state index in [-0.39, 0.29) is 23.6 Å². The first kappa shape index (κ1) is 23.4. The molecule has 3 aromatic rings. The summed E-state index contributed by atoms with van der Waals surface area (Å²) >= 11 is 0. The van der Waals surface area contributed by atoms with Crippen molar-refractivity contribution >= 4 is 17.5 Å². The molecule has 1 N–H and O–H groups in total. The fourth-order valence-electron chi connectivity index (χ4n) is 4.00. The summed E-state index contributed by atoms with van der Waals surface area (Å²) in [5, 5.41) is 2.37. The monoisotopic (exact) mass is 474 g/mol. The number of carbonyl (C=O) groups excluding carboxylic acids is 2. The van der Waals surface area contributed by atoms with Gasteiger partial charge in [-0.3, -0.25) is 9.59 Å². The van der Waals surface area contributed by atoms with E-state index in [1.54, 1.807) is 19.9 Å². The summed E-state index contributed by atoms with van der Waals surface area (Å²) in [5.74, 6) is -6.52. The number of nitrogens with one attached hydrogen (secondary N) is 1. The van der Waals surface area contributed by atoms with Crippen LogP contribution in [0.3, 0.4) is 0 Å². The molecule has 4 nitrogen and oxygen atoms in total. The Morgan fingerprint density at radius 2 is 1.62 bits per heavy atom. The normalized spacial score (nSPS) is 14.3. The number of anilines is 1. The van der Waals surface area contributed by atoms with Crippen molar-refractivity contribution in [3.8, 4) is 0 Å². The summed E-state index contributed by atoms with van der Waals surface area (Å²) in [5.41, 5.74) is -0.512. The number of halogens is 5. The van der Waals surface area contributed by atoms with Crippen LogP contribution in [0.2, 0.25) is 0 Å². The summed E-state index contributed by atoms with van der Waals surface area (Å²) in [6.07, 6.45) is 0. The lowest BCUT2D eigenvalue weighted by molar-refractivity contribution is -0.122. The van der Waals surface area contributed by atoms with E-state index in [2.05, 4.69) is 5.32 Å². The molecule has 0 atom stereocenters. The van der Waals surface area contributed by atoms with Crippen molar-refractivity contribution in [1.29, 1.82) is 0 Å². The van der Waals surface area contributed by atoms with E-state index in [9.17, 15) is 31.5 Å². The topological polar surface area (TPSA) is 49.4 Å². The van der Waals surface area contributed by atoms with E-state index in [0.717, 1.165) is 6.07 Å². The molecule has 0 bridgehead atoms.